The van der Waals surface area contributed by atoms with Crippen molar-refractivity contribution in [2.75, 3.05) is 6.26 Å². The second kappa shape index (κ2) is 4.11. The summed E-state index contributed by atoms with van der Waals surface area (Å²) in [5.74, 6) is 0. The Balaban J connectivity index is 3.30. The minimum absolute atomic E-state index is 0.207. The van der Waals surface area contributed by atoms with Crippen molar-refractivity contribution < 1.29 is 8.42 Å². The Kier molecular flexibility index (Phi) is 3.29. The molecule has 0 radical (unpaired) electrons. The van der Waals surface area contributed by atoms with Gasteiger partial charge >= 0.3 is 0 Å². The first kappa shape index (κ1) is 11.2. The Bertz CT molecular complexity index is 412. The molecule has 0 saturated carbocycles. The van der Waals surface area contributed by atoms with Crippen LogP contribution in [0.3, 0.4) is 0 Å². The van der Waals surface area contributed by atoms with Gasteiger partial charge in [0.25, 0.3) is 0 Å². The molecule has 0 spiro atoms. The lowest BCUT2D eigenvalue weighted by Gasteiger charge is -2.13. The SMILES string of the molecule is CC[C@@H](N)c1ccccc1S(C)(=O)=O. The van der Waals surface area contributed by atoms with Crippen molar-refractivity contribution in [1.29, 1.82) is 0 Å². The number of nitrogens with two attached hydrogens (primary N) is 1. The predicted octanol–water partition coefficient (Wildman–Crippen LogP) is 1.50. The molecular formula is C10H15NO2S. The third-order valence-corrected chi connectivity index (χ3v) is 3.33. The molecule has 1 atom stereocenters. The Labute approximate surface area is 84.9 Å². The van der Waals surface area contributed by atoms with Gasteiger partial charge in [-0.05, 0) is 18.1 Å². The molecule has 1 rings (SSSR count). The molecule has 14 heavy (non-hydrogen) atoms. The van der Waals surface area contributed by atoms with Crippen molar-refractivity contribution in [3.63, 3.8) is 0 Å². The predicted molar refractivity (Wildman–Crippen MR) is 56.8 cm³/mol. The second-order valence-electron chi connectivity index (χ2n) is 3.32. The zero-order valence-corrected chi connectivity index (χ0v) is 9.21. The normalized spacial score (nSPS) is 13.9. The Morgan fingerprint density at radius 2 is 1.93 bits per heavy atom. The molecule has 4 heteroatoms. The van der Waals surface area contributed by atoms with Crippen LogP contribution < -0.4 is 5.73 Å². The summed E-state index contributed by atoms with van der Waals surface area (Å²) < 4.78 is 22.8. The average Bonchev–Trinajstić information content (AvgIpc) is 2.15. The molecule has 0 unspecified atom stereocenters. The Morgan fingerprint density at radius 3 is 2.43 bits per heavy atom. The van der Waals surface area contributed by atoms with Crippen molar-refractivity contribution in [3.8, 4) is 0 Å². The van der Waals surface area contributed by atoms with Gasteiger partial charge in [0.1, 0.15) is 0 Å². The van der Waals surface area contributed by atoms with Crippen molar-refractivity contribution >= 4 is 9.84 Å². The molecule has 0 amide bonds. The van der Waals surface area contributed by atoms with Crippen molar-refractivity contribution in [2.45, 2.75) is 24.3 Å². The molecule has 0 bridgehead atoms. The maximum Gasteiger partial charge on any atom is 0.175 e. The summed E-state index contributed by atoms with van der Waals surface area (Å²) in [5, 5.41) is 0. The van der Waals surface area contributed by atoms with E-state index >= 15 is 0 Å². The number of rotatable bonds is 3. The van der Waals surface area contributed by atoms with Crippen LogP contribution in [0.1, 0.15) is 24.9 Å². The number of hydrogen-bond acceptors (Lipinski definition) is 3. The topological polar surface area (TPSA) is 60.2 Å². The van der Waals surface area contributed by atoms with Crippen molar-refractivity contribution in [3.05, 3.63) is 29.8 Å². The van der Waals surface area contributed by atoms with Crippen LogP contribution in [-0.4, -0.2) is 14.7 Å². The summed E-state index contributed by atoms with van der Waals surface area (Å²) in [6.07, 6.45) is 1.93. The number of benzene rings is 1. The minimum Gasteiger partial charge on any atom is -0.324 e. The van der Waals surface area contributed by atoms with E-state index in [9.17, 15) is 8.42 Å². The van der Waals surface area contributed by atoms with E-state index in [1.54, 1.807) is 24.3 Å². The van der Waals surface area contributed by atoms with Crippen LogP contribution in [0.5, 0.6) is 0 Å². The van der Waals surface area contributed by atoms with Crippen LogP contribution in [0.2, 0.25) is 0 Å². The van der Waals surface area contributed by atoms with E-state index in [1.165, 1.54) is 6.26 Å². The van der Waals surface area contributed by atoms with Gasteiger partial charge in [-0.15, -0.1) is 0 Å². The van der Waals surface area contributed by atoms with Crippen LogP contribution in [0.4, 0.5) is 0 Å². The van der Waals surface area contributed by atoms with Gasteiger partial charge in [-0.1, -0.05) is 25.1 Å². The molecule has 0 aromatic heterocycles. The fourth-order valence-electron chi connectivity index (χ4n) is 1.34. The lowest BCUT2D eigenvalue weighted by molar-refractivity contribution is 0.596. The molecular weight excluding hydrogens is 198 g/mol. The van der Waals surface area contributed by atoms with Crippen LogP contribution in [0, 0.1) is 0 Å². The smallest absolute Gasteiger partial charge is 0.175 e. The van der Waals surface area contributed by atoms with Gasteiger partial charge in [0.15, 0.2) is 9.84 Å². The number of sulfone groups is 1. The highest BCUT2D eigenvalue weighted by atomic mass is 32.2. The molecule has 0 aliphatic heterocycles. The summed E-state index contributed by atoms with van der Waals surface area (Å²) in [7, 11) is -3.17. The standard InChI is InChI=1S/C10H15NO2S/c1-3-9(11)8-6-4-5-7-10(8)14(2,12)13/h4-7,9H,3,11H2,1-2H3/t9-/m1/s1. The highest BCUT2D eigenvalue weighted by molar-refractivity contribution is 7.90. The molecule has 1 aromatic rings. The van der Waals surface area contributed by atoms with Gasteiger partial charge in [-0.2, -0.15) is 0 Å². The fraction of sp³-hybridized carbons (Fsp3) is 0.400. The summed E-state index contributed by atoms with van der Waals surface area (Å²) in [5.41, 5.74) is 6.53. The van der Waals surface area contributed by atoms with Gasteiger partial charge < -0.3 is 5.73 Å². The maximum absolute atomic E-state index is 11.4. The van der Waals surface area contributed by atoms with Gasteiger partial charge in [-0.25, -0.2) is 8.42 Å². The lowest BCUT2D eigenvalue weighted by atomic mass is 10.1. The van der Waals surface area contributed by atoms with E-state index in [0.29, 0.717) is 10.5 Å². The van der Waals surface area contributed by atoms with E-state index in [2.05, 4.69) is 0 Å². The molecule has 0 saturated heterocycles. The van der Waals surface area contributed by atoms with E-state index in [0.717, 1.165) is 6.42 Å². The quantitative estimate of drug-likeness (QED) is 0.827. The van der Waals surface area contributed by atoms with Crippen LogP contribution in [0.15, 0.2) is 29.2 Å². The van der Waals surface area contributed by atoms with Crippen molar-refractivity contribution in [2.24, 2.45) is 5.73 Å². The maximum atomic E-state index is 11.4. The van der Waals surface area contributed by atoms with Gasteiger partial charge in [-0.3, -0.25) is 0 Å². The number of hydrogen-bond donors (Lipinski definition) is 1. The highest BCUT2D eigenvalue weighted by Crippen LogP contribution is 2.22. The summed E-state index contributed by atoms with van der Waals surface area (Å²) in [6.45, 7) is 1.93. The largest absolute Gasteiger partial charge is 0.324 e. The zero-order valence-electron chi connectivity index (χ0n) is 8.40. The highest BCUT2D eigenvalue weighted by Gasteiger charge is 2.15. The Morgan fingerprint density at radius 1 is 1.36 bits per heavy atom. The van der Waals surface area contributed by atoms with Gasteiger partial charge in [0, 0.05) is 12.3 Å². The fourth-order valence-corrected chi connectivity index (χ4v) is 2.32. The molecule has 0 fully saturated rings. The van der Waals surface area contributed by atoms with Crippen LogP contribution in [-0.2, 0) is 9.84 Å². The second-order valence-corrected chi connectivity index (χ2v) is 5.31. The Hall–Kier alpha value is -0.870. The molecule has 1 aromatic carbocycles. The van der Waals surface area contributed by atoms with Crippen molar-refractivity contribution in [1.82, 2.24) is 0 Å². The molecule has 0 aliphatic rings. The van der Waals surface area contributed by atoms with Crippen LogP contribution >= 0.6 is 0 Å². The molecule has 0 heterocycles. The van der Waals surface area contributed by atoms with E-state index in [-0.39, 0.29) is 6.04 Å². The van der Waals surface area contributed by atoms with Crippen LogP contribution in [0.25, 0.3) is 0 Å². The zero-order chi connectivity index (χ0) is 10.8. The van der Waals surface area contributed by atoms with E-state index in [4.69, 9.17) is 5.73 Å². The molecule has 3 nitrogen and oxygen atoms in total. The summed E-state index contributed by atoms with van der Waals surface area (Å²) >= 11 is 0. The molecule has 78 valence electrons. The lowest BCUT2D eigenvalue weighted by Crippen LogP contribution is -2.13. The molecule has 0 aliphatic carbocycles. The first-order valence-electron chi connectivity index (χ1n) is 4.51. The summed E-state index contributed by atoms with van der Waals surface area (Å²) in [4.78, 5) is 0.342. The van der Waals surface area contributed by atoms with E-state index < -0.39 is 9.84 Å². The first-order chi connectivity index (χ1) is 6.46. The first-order valence-corrected chi connectivity index (χ1v) is 6.40. The third kappa shape index (κ3) is 2.33. The van der Waals surface area contributed by atoms with E-state index in [1.807, 2.05) is 6.92 Å². The van der Waals surface area contributed by atoms with Gasteiger partial charge in [0.2, 0.25) is 0 Å². The minimum atomic E-state index is -3.17. The summed E-state index contributed by atoms with van der Waals surface area (Å²) in [6, 6.07) is 6.67. The monoisotopic (exact) mass is 213 g/mol. The molecule has 2 N–H and O–H groups in total. The van der Waals surface area contributed by atoms with Gasteiger partial charge in [0.05, 0.1) is 4.90 Å². The third-order valence-electron chi connectivity index (χ3n) is 2.16. The average molecular weight is 213 g/mol.